The lowest BCUT2D eigenvalue weighted by Gasteiger charge is -2.16. The summed E-state index contributed by atoms with van der Waals surface area (Å²) >= 11 is 11.0. The van der Waals surface area contributed by atoms with Gasteiger partial charge in [-0.05, 0) is 22.9 Å². The fourth-order valence-corrected chi connectivity index (χ4v) is 2.67. The van der Waals surface area contributed by atoms with Crippen LogP contribution in [0.3, 0.4) is 0 Å². The van der Waals surface area contributed by atoms with E-state index >= 15 is 0 Å². The third kappa shape index (κ3) is 4.14. The van der Waals surface area contributed by atoms with E-state index in [4.69, 9.17) is 4.74 Å². The molecule has 0 saturated carbocycles. The van der Waals surface area contributed by atoms with Crippen LogP contribution in [0.15, 0.2) is 42.5 Å². The van der Waals surface area contributed by atoms with Gasteiger partial charge < -0.3 is 10.1 Å². The first-order chi connectivity index (χ1) is 9.60. The van der Waals surface area contributed by atoms with Gasteiger partial charge in [-0.1, -0.05) is 62.2 Å². The molecule has 0 heterocycles. The zero-order valence-corrected chi connectivity index (χ0v) is 14.5. The molecule has 0 bridgehead atoms. The highest BCUT2D eigenvalue weighted by atomic mass is 79.9. The van der Waals surface area contributed by atoms with E-state index in [1.54, 1.807) is 6.07 Å². The number of alkyl halides is 2. The Morgan fingerprint density at radius 2 is 1.95 bits per heavy atom. The van der Waals surface area contributed by atoms with Gasteiger partial charge in [0.05, 0.1) is 10.2 Å². The number of carbonyl (C=O) groups is 1. The summed E-state index contributed by atoms with van der Waals surface area (Å²) in [7, 11) is 0. The quantitative estimate of drug-likeness (QED) is 0.440. The molecule has 2 rings (SSSR count). The van der Waals surface area contributed by atoms with Gasteiger partial charge in [0, 0.05) is 5.33 Å². The van der Waals surface area contributed by atoms with Gasteiger partial charge >= 0.3 is 6.09 Å². The van der Waals surface area contributed by atoms with Gasteiger partial charge in [-0.25, -0.2) is 4.79 Å². The minimum Gasteiger partial charge on any atom is -0.410 e. The zero-order valence-electron chi connectivity index (χ0n) is 10.4. The van der Waals surface area contributed by atoms with E-state index in [0.29, 0.717) is 11.1 Å². The summed E-state index contributed by atoms with van der Waals surface area (Å²) in [6.45, 7) is 0. The molecule has 2 unspecified atom stereocenters. The first kappa shape index (κ1) is 15.7. The van der Waals surface area contributed by atoms with Crippen molar-refractivity contribution in [2.75, 3.05) is 5.33 Å². The van der Waals surface area contributed by atoms with Crippen molar-refractivity contribution in [3.63, 3.8) is 0 Å². The van der Waals surface area contributed by atoms with Crippen molar-refractivity contribution in [3.8, 4) is 5.75 Å². The second kappa shape index (κ2) is 7.33. The molecule has 0 radical (unpaired) electrons. The number of thiol groups is 1. The van der Waals surface area contributed by atoms with Crippen molar-refractivity contribution in [2.24, 2.45) is 0 Å². The van der Waals surface area contributed by atoms with Gasteiger partial charge in [0.25, 0.3) is 0 Å². The smallest absolute Gasteiger partial charge is 0.410 e. The van der Waals surface area contributed by atoms with Crippen LogP contribution >= 0.6 is 44.5 Å². The Hall–Kier alpha value is -0.720. The lowest BCUT2D eigenvalue weighted by Crippen LogP contribution is -2.39. The Bertz CT molecular complexity index is 608. The average molecular weight is 419 g/mol. The molecule has 1 amide bonds. The summed E-state index contributed by atoms with van der Waals surface area (Å²) in [4.78, 5) is 11.8. The number of halogens is 2. The molecule has 6 heteroatoms. The highest BCUT2D eigenvalue weighted by molar-refractivity contribution is 9.12. The largest absolute Gasteiger partial charge is 0.413 e. The van der Waals surface area contributed by atoms with Crippen molar-refractivity contribution in [2.45, 2.75) is 10.2 Å². The number of rotatable bonds is 4. The molecule has 0 aliphatic carbocycles. The van der Waals surface area contributed by atoms with Crippen molar-refractivity contribution in [1.29, 1.82) is 0 Å². The SMILES string of the molecule is O=C(NC(S)C(Br)CBr)Oc1ccc2ccccc2c1. The number of benzene rings is 2. The average Bonchev–Trinajstić information content (AvgIpc) is 2.46. The number of hydrogen-bond donors (Lipinski definition) is 2. The first-order valence-electron chi connectivity index (χ1n) is 5.95. The number of carbonyl (C=O) groups excluding carboxylic acids is 1. The number of nitrogens with one attached hydrogen (secondary N) is 1. The van der Waals surface area contributed by atoms with E-state index in [-0.39, 0.29) is 10.2 Å². The lowest BCUT2D eigenvalue weighted by atomic mass is 10.1. The van der Waals surface area contributed by atoms with Crippen LogP contribution in [0.4, 0.5) is 4.79 Å². The molecule has 0 saturated heterocycles. The summed E-state index contributed by atoms with van der Waals surface area (Å²) in [5.41, 5.74) is 0. The molecular weight excluding hydrogens is 406 g/mol. The molecule has 2 aromatic rings. The lowest BCUT2D eigenvalue weighted by molar-refractivity contribution is 0.200. The highest BCUT2D eigenvalue weighted by Gasteiger charge is 2.17. The maximum absolute atomic E-state index is 11.8. The van der Waals surface area contributed by atoms with Gasteiger partial charge in [-0.2, -0.15) is 12.6 Å². The predicted octanol–water partition coefficient (Wildman–Crippen LogP) is 4.34. The van der Waals surface area contributed by atoms with Crippen LogP contribution in [0.2, 0.25) is 0 Å². The molecule has 0 fully saturated rings. The van der Waals surface area contributed by atoms with Crippen LogP contribution in [0.1, 0.15) is 0 Å². The van der Waals surface area contributed by atoms with Crippen molar-refractivity contribution in [1.82, 2.24) is 5.32 Å². The van der Waals surface area contributed by atoms with E-state index in [1.165, 1.54) is 0 Å². The van der Waals surface area contributed by atoms with E-state index in [0.717, 1.165) is 10.8 Å². The molecule has 3 nitrogen and oxygen atoms in total. The summed E-state index contributed by atoms with van der Waals surface area (Å²) in [5, 5.41) is 5.13. The maximum Gasteiger partial charge on any atom is 0.413 e. The Morgan fingerprint density at radius 1 is 1.25 bits per heavy atom. The molecule has 2 aromatic carbocycles. The number of fused-ring (bicyclic) bond motifs is 1. The van der Waals surface area contributed by atoms with E-state index < -0.39 is 6.09 Å². The molecule has 2 atom stereocenters. The zero-order chi connectivity index (χ0) is 14.5. The molecule has 0 aliphatic heterocycles. The Kier molecular flexibility index (Phi) is 5.74. The van der Waals surface area contributed by atoms with Gasteiger partial charge in [0.1, 0.15) is 5.75 Å². The van der Waals surface area contributed by atoms with Gasteiger partial charge in [0.2, 0.25) is 0 Å². The molecule has 0 spiro atoms. The van der Waals surface area contributed by atoms with Gasteiger partial charge in [-0.3, -0.25) is 0 Å². The summed E-state index contributed by atoms with van der Waals surface area (Å²) in [6, 6.07) is 13.4. The van der Waals surface area contributed by atoms with E-state index in [1.807, 2.05) is 36.4 Å². The van der Waals surface area contributed by atoms with Crippen molar-refractivity contribution in [3.05, 3.63) is 42.5 Å². The third-order valence-electron chi connectivity index (χ3n) is 2.69. The van der Waals surface area contributed by atoms with Crippen LogP contribution in [-0.4, -0.2) is 21.6 Å². The van der Waals surface area contributed by atoms with Crippen molar-refractivity contribution < 1.29 is 9.53 Å². The Labute approximate surface area is 139 Å². The monoisotopic (exact) mass is 417 g/mol. The standard InChI is InChI=1S/C14H13Br2NO2S/c15-8-12(16)13(20)17-14(18)19-11-6-5-9-3-1-2-4-10(9)7-11/h1-7,12-13,20H,8H2,(H,17,18). The number of amides is 1. The highest BCUT2D eigenvalue weighted by Crippen LogP contribution is 2.21. The summed E-state index contributed by atoms with van der Waals surface area (Å²) in [5.74, 6) is 0.506. The predicted molar refractivity (Wildman–Crippen MR) is 92.4 cm³/mol. The molecule has 0 aromatic heterocycles. The second-order valence-corrected chi connectivity index (χ2v) is 6.54. The van der Waals surface area contributed by atoms with Crippen LogP contribution < -0.4 is 10.1 Å². The number of ether oxygens (including phenoxy) is 1. The Balaban J connectivity index is 2.02. The molecule has 0 aliphatic rings. The van der Waals surface area contributed by atoms with E-state index in [2.05, 4.69) is 49.8 Å². The van der Waals surface area contributed by atoms with Crippen LogP contribution in [0.25, 0.3) is 10.8 Å². The second-order valence-electron chi connectivity index (χ2n) is 4.16. The van der Waals surface area contributed by atoms with Crippen molar-refractivity contribution >= 4 is 61.4 Å². The number of hydrogen-bond acceptors (Lipinski definition) is 3. The van der Waals surface area contributed by atoms with E-state index in [9.17, 15) is 4.79 Å². The fraction of sp³-hybridized carbons (Fsp3) is 0.214. The van der Waals surface area contributed by atoms with Gasteiger partial charge in [0.15, 0.2) is 0 Å². The molecule has 20 heavy (non-hydrogen) atoms. The van der Waals surface area contributed by atoms with Crippen LogP contribution in [0, 0.1) is 0 Å². The maximum atomic E-state index is 11.8. The minimum atomic E-state index is -0.523. The molecular formula is C14H13Br2NO2S. The summed E-state index contributed by atoms with van der Waals surface area (Å²) < 4.78 is 5.25. The topological polar surface area (TPSA) is 38.3 Å². The minimum absolute atomic E-state index is 0.0231. The molecule has 106 valence electrons. The molecule has 1 N–H and O–H groups in total. The normalized spacial score (nSPS) is 13.8. The fourth-order valence-electron chi connectivity index (χ4n) is 1.66. The summed E-state index contributed by atoms with van der Waals surface area (Å²) in [6.07, 6.45) is -0.523. The van der Waals surface area contributed by atoms with Crippen LogP contribution in [0.5, 0.6) is 5.75 Å². The third-order valence-corrected chi connectivity index (χ3v) is 6.00. The Morgan fingerprint density at radius 3 is 2.65 bits per heavy atom. The first-order valence-corrected chi connectivity index (χ1v) is 8.51. The van der Waals surface area contributed by atoms with Crippen LogP contribution in [-0.2, 0) is 0 Å². The van der Waals surface area contributed by atoms with Gasteiger partial charge in [-0.15, -0.1) is 0 Å².